The number of rotatable bonds is 6. The monoisotopic (exact) mass is 346 g/mol. The van der Waals surface area contributed by atoms with Crippen LogP contribution in [-0.4, -0.2) is 29.3 Å². The second-order valence-electron chi connectivity index (χ2n) is 6.29. The summed E-state index contributed by atoms with van der Waals surface area (Å²) >= 11 is 0. The molecule has 0 aliphatic heterocycles. The van der Waals surface area contributed by atoms with Crippen molar-refractivity contribution in [3.05, 3.63) is 46.2 Å². The van der Waals surface area contributed by atoms with Gasteiger partial charge in [-0.2, -0.15) is 0 Å². The van der Waals surface area contributed by atoms with Gasteiger partial charge >= 0.3 is 0 Å². The van der Waals surface area contributed by atoms with E-state index in [1.54, 1.807) is 18.2 Å². The first kappa shape index (κ1) is 17.4. The van der Waals surface area contributed by atoms with E-state index in [0.29, 0.717) is 29.7 Å². The molecule has 2 aromatic rings. The number of hydrogen-bond acceptors (Lipinski definition) is 6. The summed E-state index contributed by atoms with van der Waals surface area (Å²) in [6, 6.07) is 8.64. The third kappa shape index (κ3) is 4.18. The summed E-state index contributed by atoms with van der Waals surface area (Å²) in [7, 11) is 1.47. The Morgan fingerprint density at radius 3 is 2.72 bits per heavy atom. The van der Waals surface area contributed by atoms with Crippen LogP contribution in [-0.2, 0) is 6.54 Å². The average Bonchev–Trinajstić information content (AvgIpc) is 3.09. The second-order valence-corrected chi connectivity index (χ2v) is 6.29. The molecule has 0 saturated heterocycles. The summed E-state index contributed by atoms with van der Waals surface area (Å²) in [6.45, 7) is 0.560. The lowest BCUT2D eigenvalue weighted by molar-refractivity contribution is -0.384. The number of ether oxygens (including phenoxy) is 1. The van der Waals surface area contributed by atoms with Gasteiger partial charge in [-0.3, -0.25) is 10.1 Å². The molecule has 7 nitrogen and oxygen atoms in total. The summed E-state index contributed by atoms with van der Waals surface area (Å²) in [5.74, 6) is 1.62. The van der Waals surface area contributed by atoms with E-state index in [-0.39, 0.29) is 11.8 Å². The van der Waals surface area contributed by atoms with Crippen molar-refractivity contribution in [3.63, 3.8) is 0 Å². The number of furan rings is 1. The van der Waals surface area contributed by atoms with Crippen LogP contribution in [0.2, 0.25) is 0 Å². The van der Waals surface area contributed by atoms with Crippen LogP contribution in [0.25, 0.3) is 11.3 Å². The van der Waals surface area contributed by atoms with Crippen LogP contribution in [0, 0.1) is 10.1 Å². The van der Waals surface area contributed by atoms with Crippen molar-refractivity contribution in [3.8, 4) is 17.1 Å². The number of nitrogens with one attached hydrogen (secondary N) is 1. The third-order valence-corrected chi connectivity index (χ3v) is 4.59. The molecule has 0 amide bonds. The van der Waals surface area contributed by atoms with Gasteiger partial charge in [0.05, 0.1) is 36.3 Å². The number of nitro benzene ring substituents is 1. The molecule has 1 aromatic heterocycles. The first-order valence-electron chi connectivity index (χ1n) is 8.40. The highest BCUT2D eigenvalue weighted by Gasteiger charge is 2.21. The molecule has 0 radical (unpaired) electrons. The quantitative estimate of drug-likeness (QED) is 0.615. The molecule has 1 aliphatic carbocycles. The molecule has 2 N–H and O–H groups in total. The fourth-order valence-electron chi connectivity index (χ4n) is 3.14. The Bertz CT molecular complexity index is 735. The standard InChI is InChI=1S/C18H22N2O5/c1-24-14-6-8-16(17(10-14)20(22)23)18-9-7-15(25-18)11-19-12-2-4-13(21)5-3-12/h6-10,12-13,19,21H,2-5,11H2,1H3. The third-order valence-electron chi connectivity index (χ3n) is 4.59. The molecule has 1 aliphatic rings. The van der Waals surface area contributed by atoms with E-state index in [2.05, 4.69) is 5.32 Å². The van der Waals surface area contributed by atoms with E-state index in [1.165, 1.54) is 13.2 Å². The highest BCUT2D eigenvalue weighted by Crippen LogP contribution is 2.34. The van der Waals surface area contributed by atoms with Gasteiger partial charge in [-0.05, 0) is 49.9 Å². The number of methoxy groups -OCH3 is 1. The molecular weight excluding hydrogens is 324 g/mol. The molecule has 7 heteroatoms. The van der Waals surface area contributed by atoms with Crippen molar-refractivity contribution in [2.24, 2.45) is 0 Å². The minimum Gasteiger partial charge on any atom is -0.497 e. The maximum absolute atomic E-state index is 11.3. The molecule has 134 valence electrons. The Kier molecular flexibility index (Phi) is 5.35. The van der Waals surface area contributed by atoms with E-state index in [4.69, 9.17) is 9.15 Å². The number of aliphatic hydroxyl groups excluding tert-OH is 1. The maximum Gasteiger partial charge on any atom is 0.284 e. The largest absolute Gasteiger partial charge is 0.497 e. The summed E-state index contributed by atoms with van der Waals surface area (Å²) in [4.78, 5) is 10.9. The van der Waals surface area contributed by atoms with Gasteiger partial charge in [0.15, 0.2) is 0 Å². The number of nitro groups is 1. The molecule has 0 spiro atoms. The Morgan fingerprint density at radius 1 is 1.28 bits per heavy atom. The van der Waals surface area contributed by atoms with E-state index < -0.39 is 4.92 Å². The summed E-state index contributed by atoms with van der Waals surface area (Å²) < 4.78 is 10.8. The van der Waals surface area contributed by atoms with Crippen LogP contribution in [0.1, 0.15) is 31.4 Å². The number of hydrogen-bond donors (Lipinski definition) is 2. The number of benzene rings is 1. The molecule has 25 heavy (non-hydrogen) atoms. The van der Waals surface area contributed by atoms with Gasteiger partial charge in [-0.1, -0.05) is 0 Å². The van der Waals surface area contributed by atoms with E-state index in [9.17, 15) is 15.2 Å². The zero-order chi connectivity index (χ0) is 17.8. The molecule has 1 aromatic carbocycles. The van der Waals surface area contributed by atoms with Gasteiger partial charge < -0.3 is 19.6 Å². The number of nitrogens with zero attached hydrogens (tertiary/aromatic N) is 1. The second kappa shape index (κ2) is 7.67. The Balaban J connectivity index is 1.70. The van der Waals surface area contributed by atoms with Crippen molar-refractivity contribution >= 4 is 5.69 Å². The molecule has 0 bridgehead atoms. The lowest BCUT2D eigenvalue weighted by Crippen LogP contribution is -2.34. The smallest absolute Gasteiger partial charge is 0.284 e. The summed E-state index contributed by atoms with van der Waals surface area (Å²) in [5.41, 5.74) is 0.382. The topological polar surface area (TPSA) is 97.8 Å². The zero-order valence-corrected chi connectivity index (χ0v) is 14.1. The van der Waals surface area contributed by atoms with Crippen molar-refractivity contribution in [1.29, 1.82) is 0 Å². The van der Waals surface area contributed by atoms with Crippen LogP contribution in [0.15, 0.2) is 34.7 Å². The van der Waals surface area contributed by atoms with Crippen LogP contribution in [0.5, 0.6) is 5.75 Å². The van der Waals surface area contributed by atoms with Gasteiger partial charge in [-0.15, -0.1) is 0 Å². The summed E-state index contributed by atoms with van der Waals surface area (Å²) in [5, 5.41) is 24.3. The fourth-order valence-corrected chi connectivity index (χ4v) is 3.14. The highest BCUT2D eigenvalue weighted by atomic mass is 16.6. The SMILES string of the molecule is COc1ccc(-c2ccc(CNC3CCC(O)CC3)o2)c([N+](=O)[O-])c1. The van der Waals surface area contributed by atoms with Crippen LogP contribution < -0.4 is 10.1 Å². The van der Waals surface area contributed by atoms with Gasteiger partial charge in [0.25, 0.3) is 5.69 Å². The molecule has 0 atom stereocenters. The molecular formula is C18H22N2O5. The first-order valence-corrected chi connectivity index (χ1v) is 8.40. The normalized spacial score (nSPS) is 20.4. The van der Waals surface area contributed by atoms with Crippen molar-refractivity contribution in [2.45, 2.75) is 44.4 Å². The van der Waals surface area contributed by atoms with Gasteiger partial charge in [0.1, 0.15) is 17.3 Å². The zero-order valence-electron chi connectivity index (χ0n) is 14.1. The lowest BCUT2D eigenvalue weighted by Gasteiger charge is -2.25. The first-order chi connectivity index (χ1) is 12.1. The Labute approximate surface area is 145 Å². The highest BCUT2D eigenvalue weighted by molar-refractivity contribution is 5.71. The van der Waals surface area contributed by atoms with Crippen molar-refractivity contribution in [1.82, 2.24) is 5.32 Å². The average molecular weight is 346 g/mol. The van der Waals surface area contributed by atoms with E-state index >= 15 is 0 Å². The Hall–Kier alpha value is -2.38. The van der Waals surface area contributed by atoms with Crippen molar-refractivity contribution in [2.75, 3.05) is 7.11 Å². The minimum absolute atomic E-state index is 0.0468. The predicted molar refractivity (Wildman–Crippen MR) is 92.5 cm³/mol. The van der Waals surface area contributed by atoms with E-state index in [0.717, 1.165) is 31.4 Å². The van der Waals surface area contributed by atoms with Crippen LogP contribution in [0.3, 0.4) is 0 Å². The maximum atomic E-state index is 11.3. The minimum atomic E-state index is -0.439. The number of aliphatic hydroxyl groups is 1. The molecule has 0 unspecified atom stereocenters. The predicted octanol–water partition coefficient (Wildman–Crippen LogP) is 3.26. The molecule has 1 heterocycles. The Morgan fingerprint density at radius 2 is 2.04 bits per heavy atom. The fraction of sp³-hybridized carbons (Fsp3) is 0.444. The van der Waals surface area contributed by atoms with Gasteiger partial charge in [-0.25, -0.2) is 0 Å². The molecule has 3 rings (SSSR count). The molecule has 1 saturated carbocycles. The lowest BCUT2D eigenvalue weighted by atomic mass is 9.93. The van der Waals surface area contributed by atoms with Gasteiger partial charge in [0.2, 0.25) is 0 Å². The van der Waals surface area contributed by atoms with Crippen LogP contribution >= 0.6 is 0 Å². The van der Waals surface area contributed by atoms with E-state index in [1.807, 2.05) is 6.07 Å². The van der Waals surface area contributed by atoms with Crippen molar-refractivity contribution < 1.29 is 19.2 Å². The summed E-state index contributed by atoms with van der Waals surface area (Å²) in [6.07, 6.45) is 3.35. The molecule has 1 fully saturated rings. The van der Waals surface area contributed by atoms with Crippen LogP contribution in [0.4, 0.5) is 5.69 Å². The van der Waals surface area contributed by atoms with Gasteiger partial charge in [0, 0.05) is 6.04 Å².